The quantitative estimate of drug-likeness (QED) is 0.0455. The first-order valence-corrected chi connectivity index (χ1v) is 22.5. The molecule has 7 aromatic rings. The third-order valence-electron chi connectivity index (χ3n) is 8.81. The Hall–Kier alpha value is -6.21. The van der Waals surface area contributed by atoms with E-state index in [2.05, 4.69) is 20.6 Å². The van der Waals surface area contributed by atoms with Crippen molar-refractivity contribution >= 4 is 60.2 Å². The lowest BCUT2D eigenvalue weighted by Crippen LogP contribution is -2.18. The topological polar surface area (TPSA) is 207 Å². The highest BCUT2D eigenvalue weighted by molar-refractivity contribution is 7.86. The molecule has 0 aliphatic rings. The van der Waals surface area contributed by atoms with Crippen LogP contribution in [0.5, 0.6) is 5.75 Å². The number of hydrogen-bond acceptors (Lipinski definition) is 12. The predicted molar refractivity (Wildman–Crippen MR) is 238 cm³/mol. The molecule has 0 saturated carbocycles. The van der Waals surface area contributed by atoms with Gasteiger partial charge in [0.05, 0.1) is 39.9 Å². The molecule has 63 heavy (non-hydrogen) atoms. The first-order valence-electron chi connectivity index (χ1n) is 19.2. The monoisotopic (exact) mass is 918 g/mol. The van der Waals surface area contributed by atoms with Gasteiger partial charge in [0.2, 0.25) is 0 Å². The number of carbonyl (C=O) groups is 1. The van der Waals surface area contributed by atoms with Gasteiger partial charge in [0, 0.05) is 23.2 Å². The molecular formula is C45H44ClFN4O10S2. The maximum Gasteiger partial charge on any atom is 0.307 e. The molecule has 2 heterocycles. The van der Waals surface area contributed by atoms with Gasteiger partial charge < -0.3 is 24.5 Å². The summed E-state index contributed by atoms with van der Waals surface area (Å²) in [5.41, 5.74) is 4.97. The maximum atomic E-state index is 13.4. The number of fused-ring (bicyclic) bond motifs is 1. The molecule has 0 bridgehead atoms. The first kappa shape index (κ1) is 47.8. The number of esters is 1. The molecule has 0 radical (unpaired) electrons. The molecule has 330 valence electrons. The summed E-state index contributed by atoms with van der Waals surface area (Å²) in [6.45, 7) is 7.04. The SMILES string of the molecule is CCOC(=O)CCNCc1ccc(-c2ccc3ncnc(Nc4ccc(OCc5cccc(F)c5)c(Cl)c4)c3c2)o1.Cc1ccc(S(=O)(=O)O)cc1.Cc1ccc(S(=O)(=O)O)cc1. The zero-order valence-corrected chi connectivity index (χ0v) is 36.7. The second-order valence-electron chi connectivity index (χ2n) is 13.7. The highest BCUT2D eigenvalue weighted by Crippen LogP contribution is 2.33. The third-order valence-corrected chi connectivity index (χ3v) is 10.8. The fourth-order valence-corrected chi connectivity index (χ4v) is 6.81. The minimum absolute atomic E-state index is 0.0666. The number of hydrogen-bond donors (Lipinski definition) is 4. The van der Waals surface area contributed by atoms with Crippen molar-refractivity contribution in [1.29, 1.82) is 0 Å². The van der Waals surface area contributed by atoms with E-state index < -0.39 is 20.2 Å². The zero-order valence-electron chi connectivity index (χ0n) is 34.3. The number of anilines is 2. The van der Waals surface area contributed by atoms with Gasteiger partial charge in [0.15, 0.2) is 0 Å². The van der Waals surface area contributed by atoms with E-state index >= 15 is 0 Å². The van der Waals surface area contributed by atoms with Crippen LogP contribution < -0.4 is 15.4 Å². The summed E-state index contributed by atoms with van der Waals surface area (Å²) in [4.78, 5) is 20.2. The van der Waals surface area contributed by atoms with Crippen molar-refractivity contribution < 1.29 is 49.0 Å². The van der Waals surface area contributed by atoms with Crippen LogP contribution in [0.15, 0.2) is 142 Å². The van der Waals surface area contributed by atoms with Crippen LogP contribution in [0, 0.1) is 19.7 Å². The van der Waals surface area contributed by atoms with Crippen molar-refractivity contribution in [3.05, 3.63) is 161 Å². The maximum absolute atomic E-state index is 13.4. The molecule has 0 aliphatic carbocycles. The highest BCUT2D eigenvalue weighted by Gasteiger charge is 2.12. The van der Waals surface area contributed by atoms with E-state index in [0.29, 0.717) is 59.7 Å². The van der Waals surface area contributed by atoms with E-state index in [1.54, 1.807) is 55.5 Å². The van der Waals surface area contributed by atoms with Crippen molar-refractivity contribution in [2.75, 3.05) is 18.5 Å². The molecule has 14 nitrogen and oxygen atoms in total. The lowest BCUT2D eigenvalue weighted by Gasteiger charge is -2.12. The molecule has 0 aliphatic heterocycles. The Balaban J connectivity index is 0.000000276. The molecule has 4 N–H and O–H groups in total. The number of nitrogens with zero attached hydrogens (tertiary/aromatic N) is 2. The van der Waals surface area contributed by atoms with Gasteiger partial charge in [-0.25, -0.2) is 14.4 Å². The molecule has 7 rings (SSSR count). The van der Waals surface area contributed by atoms with E-state index in [4.69, 9.17) is 34.6 Å². The van der Waals surface area contributed by atoms with Crippen LogP contribution in [0.25, 0.3) is 22.2 Å². The second-order valence-corrected chi connectivity index (χ2v) is 17.0. The van der Waals surface area contributed by atoms with Crippen LogP contribution in [-0.4, -0.2) is 55.0 Å². The molecular weight excluding hydrogens is 875 g/mol. The lowest BCUT2D eigenvalue weighted by atomic mass is 10.1. The van der Waals surface area contributed by atoms with Crippen molar-refractivity contribution in [2.45, 2.75) is 50.1 Å². The summed E-state index contributed by atoms with van der Waals surface area (Å²) >= 11 is 6.48. The molecule has 5 aromatic carbocycles. The molecule has 0 amide bonds. The number of aryl methyl sites for hydroxylation is 2. The summed E-state index contributed by atoms with van der Waals surface area (Å²) in [6.07, 6.45) is 1.80. The average Bonchev–Trinajstić information content (AvgIpc) is 3.71. The number of rotatable bonds is 14. The van der Waals surface area contributed by atoms with Crippen LogP contribution in [0.3, 0.4) is 0 Å². The van der Waals surface area contributed by atoms with E-state index in [1.807, 2.05) is 50.2 Å². The fourth-order valence-electron chi connectivity index (χ4n) is 5.61. The van der Waals surface area contributed by atoms with Crippen LogP contribution in [-0.2, 0) is 42.9 Å². The molecule has 0 spiro atoms. The summed E-state index contributed by atoms with van der Waals surface area (Å²) in [5.74, 6) is 2.00. The predicted octanol–water partition coefficient (Wildman–Crippen LogP) is 9.53. The first-order chi connectivity index (χ1) is 30.0. The Morgan fingerprint density at radius 2 is 1.48 bits per heavy atom. The molecule has 2 aromatic heterocycles. The van der Waals surface area contributed by atoms with Crippen LogP contribution >= 0.6 is 11.6 Å². The van der Waals surface area contributed by atoms with Gasteiger partial charge in [-0.05, 0) is 111 Å². The van der Waals surface area contributed by atoms with Gasteiger partial charge in [0.1, 0.15) is 41.8 Å². The summed E-state index contributed by atoms with van der Waals surface area (Å²) in [7, 11) is -8.04. The Labute approximate surface area is 369 Å². The number of nitrogens with one attached hydrogen (secondary N) is 2. The van der Waals surface area contributed by atoms with Crippen LogP contribution in [0.2, 0.25) is 5.02 Å². The molecule has 0 fully saturated rings. The number of halogens is 2. The van der Waals surface area contributed by atoms with E-state index in [0.717, 1.165) is 33.4 Å². The van der Waals surface area contributed by atoms with Gasteiger partial charge in [-0.3, -0.25) is 13.9 Å². The van der Waals surface area contributed by atoms with E-state index in [1.165, 1.54) is 42.7 Å². The van der Waals surface area contributed by atoms with Crippen LogP contribution in [0.4, 0.5) is 15.9 Å². The Bertz CT molecular complexity index is 2790. The fraction of sp³-hybridized carbons (Fsp3) is 0.178. The highest BCUT2D eigenvalue weighted by atomic mass is 35.5. The lowest BCUT2D eigenvalue weighted by molar-refractivity contribution is -0.143. The minimum atomic E-state index is -4.02. The molecule has 0 saturated heterocycles. The third kappa shape index (κ3) is 15.0. The van der Waals surface area contributed by atoms with E-state index in [9.17, 15) is 26.0 Å². The molecule has 0 unspecified atom stereocenters. The summed E-state index contributed by atoms with van der Waals surface area (Å²) in [6, 6.07) is 33.2. The Morgan fingerprint density at radius 3 is 2.08 bits per heavy atom. The van der Waals surface area contributed by atoms with Crippen LogP contribution in [0.1, 0.15) is 35.8 Å². The zero-order chi connectivity index (χ0) is 45.6. The summed E-state index contributed by atoms with van der Waals surface area (Å²) < 4.78 is 89.3. The minimum Gasteiger partial charge on any atom is -0.487 e. The average molecular weight is 919 g/mol. The van der Waals surface area contributed by atoms with Crippen molar-refractivity contribution in [3.8, 4) is 17.1 Å². The number of carbonyl (C=O) groups excluding carboxylic acids is 1. The molecule has 18 heteroatoms. The standard InChI is InChI=1S/C31H28ClFN4O4.2C7H8O3S/c1-2-39-30(38)12-13-34-17-24-8-11-28(41-24)21-6-9-27-25(15-21)31(36-19-35-27)37-23-7-10-29(26(32)16-23)40-18-20-4-3-5-22(33)14-20;2*1-6-2-4-7(5-3-6)11(8,9)10/h3-11,14-16,19,34H,2,12-13,17-18H2,1H3,(H,35,36,37);2*2-5H,1H3,(H,8,9,10). The smallest absolute Gasteiger partial charge is 0.307 e. The van der Waals surface area contributed by atoms with Crippen molar-refractivity contribution in [3.63, 3.8) is 0 Å². The van der Waals surface area contributed by atoms with E-state index in [-0.39, 0.29) is 28.2 Å². The van der Waals surface area contributed by atoms with Crippen molar-refractivity contribution in [1.82, 2.24) is 15.3 Å². The number of furan rings is 1. The number of benzene rings is 5. The van der Waals surface area contributed by atoms with Gasteiger partial charge in [-0.1, -0.05) is 59.1 Å². The Morgan fingerprint density at radius 1 is 0.810 bits per heavy atom. The number of ether oxygens (including phenoxy) is 2. The number of aromatic nitrogens is 2. The second kappa shape index (κ2) is 22.2. The summed E-state index contributed by atoms with van der Waals surface area (Å²) in [5, 5.41) is 7.71. The Kier molecular flexibility index (Phi) is 16.9. The van der Waals surface area contributed by atoms with Gasteiger partial charge in [0.25, 0.3) is 20.2 Å². The largest absolute Gasteiger partial charge is 0.487 e. The normalized spacial score (nSPS) is 11.2. The van der Waals surface area contributed by atoms with Gasteiger partial charge in [-0.2, -0.15) is 16.8 Å². The van der Waals surface area contributed by atoms with Crippen molar-refractivity contribution in [2.24, 2.45) is 0 Å². The van der Waals surface area contributed by atoms with Gasteiger partial charge in [-0.15, -0.1) is 0 Å². The molecule has 0 atom stereocenters. The van der Waals surface area contributed by atoms with Gasteiger partial charge >= 0.3 is 5.97 Å².